The molecule has 4 unspecified atom stereocenters. The average molecular weight is 495 g/mol. The summed E-state index contributed by atoms with van der Waals surface area (Å²) in [6.45, 7) is 1.54. The number of carbonyl (C=O) groups is 3. The summed E-state index contributed by atoms with van der Waals surface area (Å²) in [5.41, 5.74) is 1.44. The Balaban J connectivity index is 1.90. The summed E-state index contributed by atoms with van der Waals surface area (Å²) >= 11 is 0. The number of nitrogens with one attached hydrogen (secondary N) is 2. The SMILES string of the molecule is COCC1NC(=O)C(C(=O)N[C@@H](CO)c2ccccc2)CC=CCC(C)C(=O)OC1c1ccccc1. The number of aliphatic hydroxyl groups is 1. The van der Waals surface area contributed by atoms with Gasteiger partial charge in [-0.15, -0.1) is 0 Å². The molecule has 1 aliphatic heterocycles. The Hall–Kier alpha value is -3.49. The van der Waals surface area contributed by atoms with Crippen molar-refractivity contribution in [1.29, 1.82) is 0 Å². The van der Waals surface area contributed by atoms with Gasteiger partial charge in [0.15, 0.2) is 0 Å². The van der Waals surface area contributed by atoms with Crippen LogP contribution in [0.5, 0.6) is 0 Å². The summed E-state index contributed by atoms with van der Waals surface area (Å²) in [4.78, 5) is 39.5. The van der Waals surface area contributed by atoms with Gasteiger partial charge in [-0.3, -0.25) is 14.4 Å². The zero-order valence-electron chi connectivity index (χ0n) is 20.6. The van der Waals surface area contributed by atoms with Gasteiger partial charge in [-0.2, -0.15) is 0 Å². The molecule has 1 heterocycles. The van der Waals surface area contributed by atoms with Crippen LogP contribution in [0.3, 0.4) is 0 Å². The maximum absolute atomic E-state index is 13.4. The van der Waals surface area contributed by atoms with Crippen LogP contribution in [0.4, 0.5) is 0 Å². The third-order valence-corrected chi connectivity index (χ3v) is 6.17. The molecule has 8 nitrogen and oxygen atoms in total. The molecule has 0 spiro atoms. The highest BCUT2D eigenvalue weighted by molar-refractivity contribution is 6.00. The van der Waals surface area contributed by atoms with E-state index in [1.165, 1.54) is 7.11 Å². The largest absolute Gasteiger partial charge is 0.455 e. The summed E-state index contributed by atoms with van der Waals surface area (Å²) < 4.78 is 11.2. The van der Waals surface area contributed by atoms with Crippen LogP contribution in [-0.2, 0) is 23.9 Å². The molecule has 0 aliphatic carbocycles. The summed E-state index contributed by atoms with van der Waals surface area (Å²) in [7, 11) is 1.49. The van der Waals surface area contributed by atoms with Crippen LogP contribution in [0, 0.1) is 11.8 Å². The number of hydrogen-bond acceptors (Lipinski definition) is 6. The van der Waals surface area contributed by atoms with E-state index >= 15 is 0 Å². The molecule has 0 saturated carbocycles. The molecule has 0 bridgehead atoms. The highest BCUT2D eigenvalue weighted by atomic mass is 16.5. The summed E-state index contributed by atoms with van der Waals surface area (Å²) in [6.07, 6.45) is 3.26. The molecule has 2 aromatic carbocycles. The van der Waals surface area contributed by atoms with Crippen LogP contribution < -0.4 is 10.6 Å². The highest BCUT2D eigenvalue weighted by Gasteiger charge is 2.34. The lowest BCUT2D eigenvalue weighted by Gasteiger charge is -2.30. The quantitative estimate of drug-likeness (QED) is 0.310. The van der Waals surface area contributed by atoms with Crippen molar-refractivity contribution in [1.82, 2.24) is 10.6 Å². The summed E-state index contributed by atoms with van der Waals surface area (Å²) in [5, 5.41) is 15.6. The van der Waals surface area contributed by atoms with Crippen molar-refractivity contribution in [3.05, 3.63) is 83.9 Å². The Morgan fingerprint density at radius 1 is 1.08 bits per heavy atom. The summed E-state index contributed by atoms with van der Waals surface area (Å²) in [6, 6.07) is 16.9. The van der Waals surface area contributed by atoms with Crippen LogP contribution in [-0.4, -0.2) is 49.3 Å². The van der Waals surface area contributed by atoms with Crippen LogP contribution in [0.2, 0.25) is 0 Å². The number of hydrogen-bond donors (Lipinski definition) is 3. The normalized spacial score (nSPS) is 24.0. The molecule has 0 aromatic heterocycles. The summed E-state index contributed by atoms with van der Waals surface area (Å²) in [5.74, 6) is -2.87. The van der Waals surface area contributed by atoms with Crippen molar-refractivity contribution in [2.45, 2.75) is 38.0 Å². The van der Waals surface area contributed by atoms with Gasteiger partial charge in [0.1, 0.15) is 12.0 Å². The minimum absolute atomic E-state index is 0.0699. The zero-order valence-corrected chi connectivity index (χ0v) is 20.6. The Bertz CT molecular complexity index is 1030. The van der Waals surface area contributed by atoms with Gasteiger partial charge in [0, 0.05) is 7.11 Å². The van der Waals surface area contributed by atoms with Crippen molar-refractivity contribution in [2.75, 3.05) is 20.3 Å². The number of rotatable bonds is 7. The van der Waals surface area contributed by atoms with E-state index < -0.39 is 41.8 Å². The van der Waals surface area contributed by atoms with E-state index in [9.17, 15) is 19.5 Å². The van der Waals surface area contributed by atoms with Gasteiger partial charge < -0.3 is 25.2 Å². The number of ether oxygens (including phenoxy) is 2. The first-order valence-electron chi connectivity index (χ1n) is 12.1. The molecule has 192 valence electrons. The van der Waals surface area contributed by atoms with Crippen LogP contribution in [0.1, 0.15) is 43.0 Å². The fourth-order valence-electron chi connectivity index (χ4n) is 4.09. The van der Waals surface area contributed by atoms with Crippen molar-refractivity contribution >= 4 is 17.8 Å². The maximum Gasteiger partial charge on any atom is 0.309 e. The highest BCUT2D eigenvalue weighted by Crippen LogP contribution is 2.25. The van der Waals surface area contributed by atoms with E-state index in [0.717, 1.165) is 5.56 Å². The number of amides is 2. The van der Waals surface area contributed by atoms with E-state index in [4.69, 9.17) is 9.47 Å². The number of cyclic esters (lactones) is 1. The van der Waals surface area contributed by atoms with Gasteiger partial charge in [0.2, 0.25) is 11.8 Å². The second-order valence-corrected chi connectivity index (χ2v) is 8.89. The number of allylic oxidation sites excluding steroid dienone is 2. The van der Waals surface area contributed by atoms with Crippen molar-refractivity contribution < 1.29 is 29.0 Å². The number of carbonyl (C=O) groups excluding carboxylic acids is 3. The average Bonchev–Trinajstić information content (AvgIpc) is 2.90. The van der Waals surface area contributed by atoms with Crippen molar-refractivity contribution in [3.63, 3.8) is 0 Å². The molecule has 0 fully saturated rings. The third-order valence-electron chi connectivity index (χ3n) is 6.17. The van der Waals surface area contributed by atoms with Gasteiger partial charge in [0.25, 0.3) is 0 Å². The second kappa shape index (κ2) is 13.6. The molecule has 5 atom stereocenters. The Kier molecular flexibility index (Phi) is 10.2. The van der Waals surface area contributed by atoms with Crippen LogP contribution in [0.25, 0.3) is 0 Å². The van der Waals surface area contributed by atoms with Crippen molar-refractivity contribution in [3.8, 4) is 0 Å². The number of aliphatic hydroxyl groups excluding tert-OH is 1. The third kappa shape index (κ3) is 7.26. The topological polar surface area (TPSA) is 114 Å². The van der Waals surface area contributed by atoms with Gasteiger partial charge in [-0.25, -0.2) is 0 Å². The Morgan fingerprint density at radius 3 is 2.36 bits per heavy atom. The van der Waals surface area contributed by atoms with E-state index in [0.29, 0.717) is 12.0 Å². The molecular formula is C28H34N2O6. The van der Waals surface area contributed by atoms with Gasteiger partial charge in [0.05, 0.1) is 31.2 Å². The van der Waals surface area contributed by atoms with Crippen molar-refractivity contribution in [2.24, 2.45) is 11.8 Å². The van der Waals surface area contributed by atoms with Crippen LogP contribution >= 0.6 is 0 Å². The standard InChI is InChI=1S/C28H34N2O6/c1-19-11-9-10-16-22(26(32)29-23(17-31)20-12-5-3-6-13-20)27(33)30-24(18-35-2)25(36-28(19)34)21-14-7-4-8-15-21/h3-10,12-15,19,22-25,31H,11,16-18H2,1-2H3,(H,29,32)(H,30,33)/t19?,22?,23-,24?,25?/m0/s1. The molecule has 3 rings (SSSR count). The van der Waals surface area contributed by atoms with Gasteiger partial charge in [-0.05, 0) is 24.0 Å². The molecule has 1 aliphatic rings. The predicted molar refractivity (Wildman–Crippen MR) is 135 cm³/mol. The number of methoxy groups -OCH3 is 1. The first kappa shape index (κ1) is 27.1. The fraction of sp³-hybridized carbons (Fsp3) is 0.393. The smallest absolute Gasteiger partial charge is 0.309 e. The molecular weight excluding hydrogens is 460 g/mol. The molecule has 0 saturated heterocycles. The Morgan fingerprint density at radius 2 is 1.72 bits per heavy atom. The monoisotopic (exact) mass is 494 g/mol. The number of benzene rings is 2. The molecule has 2 amide bonds. The van der Waals surface area contributed by atoms with Gasteiger partial charge in [-0.1, -0.05) is 79.7 Å². The lowest BCUT2D eigenvalue weighted by Crippen LogP contribution is -2.50. The first-order chi connectivity index (χ1) is 17.4. The van der Waals surface area contributed by atoms with E-state index in [2.05, 4.69) is 10.6 Å². The second-order valence-electron chi connectivity index (χ2n) is 8.89. The molecule has 3 N–H and O–H groups in total. The Labute approximate surface area is 211 Å². The number of esters is 1. The van der Waals surface area contributed by atoms with E-state index in [1.54, 1.807) is 31.2 Å². The molecule has 0 radical (unpaired) electrons. The molecule has 2 aromatic rings. The maximum atomic E-state index is 13.4. The predicted octanol–water partition coefficient (Wildman–Crippen LogP) is 2.85. The lowest BCUT2D eigenvalue weighted by molar-refractivity contribution is -0.157. The van der Waals surface area contributed by atoms with Crippen LogP contribution in [0.15, 0.2) is 72.8 Å². The first-order valence-corrected chi connectivity index (χ1v) is 12.1. The lowest BCUT2D eigenvalue weighted by atomic mass is 9.97. The van der Waals surface area contributed by atoms with E-state index in [1.807, 2.05) is 48.5 Å². The van der Waals surface area contributed by atoms with Gasteiger partial charge >= 0.3 is 5.97 Å². The fourth-order valence-corrected chi connectivity index (χ4v) is 4.09. The zero-order chi connectivity index (χ0) is 25.9. The molecule has 36 heavy (non-hydrogen) atoms. The van der Waals surface area contributed by atoms with E-state index in [-0.39, 0.29) is 25.6 Å². The minimum Gasteiger partial charge on any atom is -0.455 e. The minimum atomic E-state index is -1.06. The molecule has 8 heteroatoms.